The minimum absolute atomic E-state index is 0.140. The lowest BCUT2D eigenvalue weighted by Crippen LogP contribution is -2.48. The number of nitrogens with zero attached hydrogens (tertiary/aromatic N) is 3. The predicted molar refractivity (Wildman–Crippen MR) is 74.9 cm³/mol. The summed E-state index contributed by atoms with van der Waals surface area (Å²) in [5, 5.41) is 3.59. The lowest BCUT2D eigenvalue weighted by atomic mass is 10.1. The summed E-state index contributed by atoms with van der Waals surface area (Å²) in [6, 6.07) is 0.722. The lowest BCUT2D eigenvalue weighted by molar-refractivity contribution is 0.152. The molecule has 1 aliphatic rings. The number of urea groups is 1. The Bertz CT molecular complexity index is 247. The van der Waals surface area contributed by atoms with Gasteiger partial charge in [-0.25, -0.2) is 4.79 Å². The van der Waals surface area contributed by atoms with Gasteiger partial charge in [-0.1, -0.05) is 0 Å². The highest BCUT2D eigenvalue weighted by Crippen LogP contribution is 2.11. The zero-order chi connectivity index (χ0) is 13.5. The molecule has 1 heterocycles. The van der Waals surface area contributed by atoms with Crippen LogP contribution in [0.1, 0.15) is 19.3 Å². The normalized spacial score (nSPS) is 17.3. The maximum Gasteiger partial charge on any atom is 0.319 e. The van der Waals surface area contributed by atoms with Gasteiger partial charge in [0, 0.05) is 33.2 Å². The number of nitrogens with one attached hydrogen (secondary N) is 1. The Kier molecular flexibility index (Phi) is 6.43. The first-order valence-corrected chi connectivity index (χ1v) is 6.85. The highest BCUT2D eigenvalue weighted by atomic mass is 16.2. The van der Waals surface area contributed by atoms with Gasteiger partial charge >= 0.3 is 6.03 Å². The third-order valence-corrected chi connectivity index (χ3v) is 3.36. The van der Waals surface area contributed by atoms with Crippen molar-refractivity contribution in [1.82, 2.24) is 20.0 Å². The molecule has 0 aliphatic carbocycles. The van der Waals surface area contributed by atoms with E-state index in [0.29, 0.717) is 6.04 Å². The summed E-state index contributed by atoms with van der Waals surface area (Å²) in [4.78, 5) is 17.6. The number of piperidine rings is 1. The van der Waals surface area contributed by atoms with Crippen LogP contribution in [0.4, 0.5) is 4.79 Å². The van der Waals surface area contributed by atoms with E-state index in [0.717, 1.165) is 39.0 Å². The molecule has 5 nitrogen and oxygen atoms in total. The van der Waals surface area contributed by atoms with E-state index in [1.54, 1.807) is 4.90 Å². The lowest BCUT2D eigenvalue weighted by Gasteiger charge is -2.34. The molecule has 1 saturated heterocycles. The summed E-state index contributed by atoms with van der Waals surface area (Å²) in [6.07, 6.45) is 3.33. The van der Waals surface area contributed by atoms with Crippen molar-refractivity contribution in [2.24, 2.45) is 0 Å². The third kappa shape index (κ3) is 5.23. The van der Waals surface area contributed by atoms with Gasteiger partial charge in [0.15, 0.2) is 0 Å². The van der Waals surface area contributed by atoms with Gasteiger partial charge in [0.05, 0.1) is 0 Å². The molecule has 2 amide bonds. The summed E-state index contributed by atoms with van der Waals surface area (Å²) in [5.74, 6) is 0. The number of hydrogen-bond acceptors (Lipinski definition) is 3. The average molecular weight is 256 g/mol. The number of hydrogen-bond donors (Lipinski definition) is 1. The van der Waals surface area contributed by atoms with E-state index in [-0.39, 0.29) is 6.03 Å². The SMILES string of the molecule is CN(C)CCCNC1CCN(C(=O)N(C)C)CC1. The molecule has 1 aliphatic heterocycles. The molecule has 0 unspecified atom stereocenters. The third-order valence-electron chi connectivity index (χ3n) is 3.36. The van der Waals surface area contributed by atoms with Crippen LogP contribution in [-0.2, 0) is 0 Å². The Labute approximate surface area is 111 Å². The van der Waals surface area contributed by atoms with Gasteiger partial charge in [0.2, 0.25) is 0 Å². The van der Waals surface area contributed by atoms with Crippen molar-refractivity contribution < 1.29 is 4.79 Å². The van der Waals surface area contributed by atoms with Gasteiger partial charge < -0.3 is 20.0 Å². The van der Waals surface area contributed by atoms with E-state index in [9.17, 15) is 4.79 Å². The number of likely N-dealkylation sites (tertiary alicyclic amines) is 1. The molecule has 18 heavy (non-hydrogen) atoms. The van der Waals surface area contributed by atoms with Crippen LogP contribution in [0.5, 0.6) is 0 Å². The Hall–Kier alpha value is -0.810. The average Bonchev–Trinajstić information content (AvgIpc) is 2.34. The fourth-order valence-corrected chi connectivity index (χ4v) is 2.26. The van der Waals surface area contributed by atoms with Crippen molar-refractivity contribution in [2.45, 2.75) is 25.3 Å². The van der Waals surface area contributed by atoms with E-state index in [4.69, 9.17) is 0 Å². The molecular weight excluding hydrogens is 228 g/mol. The molecule has 0 aromatic rings. The van der Waals surface area contributed by atoms with Crippen LogP contribution in [-0.4, -0.2) is 81.1 Å². The van der Waals surface area contributed by atoms with Crippen LogP contribution in [0.25, 0.3) is 0 Å². The molecule has 0 aromatic carbocycles. The van der Waals surface area contributed by atoms with Crippen molar-refractivity contribution in [3.8, 4) is 0 Å². The van der Waals surface area contributed by atoms with E-state index in [2.05, 4.69) is 24.3 Å². The highest BCUT2D eigenvalue weighted by molar-refractivity contribution is 5.73. The van der Waals surface area contributed by atoms with Crippen molar-refractivity contribution in [2.75, 3.05) is 54.4 Å². The van der Waals surface area contributed by atoms with Crippen molar-refractivity contribution >= 4 is 6.03 Å². The molecule has 1 rings (SSSR count). The van der Waals surface area contributed by atoms with Gasteiger partial charge in [-0.15, -0.1) is 0 Å². The van der Waals surface area contributed by atoms with Gasteiger partial charge in [0.1, 0.15) is 0 Å². The topological polar surface area (TPSA) is 38.8 Å². The van der Waals surface area contributed by atoms with Crippen LogP contribution in [0.2, 0.25) is 0 Å². The summed E-state index contributed by atoms with van der Waals surface area (Å²) < 4.78 is 0. The van der Waals surface area contributed by atoms with Gasteiger partial charge in [0.25, 0.3) is 0 Å². The Balaban J connectivity index is 2.14. The first kappa shape index (κ1) is 15.2. The molecule has 0 radical (unpaired) electrons. The van der Waals surface area contributed by atoms with Crippen molar-refractivity contribution in [3.63, 3.8) is 0 Å². The van der Waals surface area contributed by atoms with E-state index >= 15 is 0 Å². The second-order valence-corrected chi connectivity index (χ2v) is 5.55. The predicted octanol–water partition coefficient (Wildman–Crippen LogP) is 0.674. The highest BCUT2D eigenvalue weighted by Gasteiger charge is 2.22. The monoisotopic (exact) mass is 256 g/mol. The van der Waals surface area contributed by atoms with E-state index in [1.165, 1.54) is 6.42 Å². The standard InChI is InChI=1S/C13H28N4O/c1-15(2)9-5-8-14-12-6-10-17(11-7-12)13(18)16(3)4/h12,14H,5-11H2,1-4H3. The summed E-state index contributed by atoms with van der Waals surface area (Å²) in [6.45, 7) is 3.96. The van der Waals surface area contributed by atoms with E-state index in [1.807, 2.05) is 19.0 Å². The summed E-state index contributed by atoms with van der Waals surface area (Å²) in [5.41, 5.74) is 0. The molecule has 1 fully saturated rings. The molecule has 0 atom stereocenters. The van der Waals surface area contributed by atoms with Crippen LogP contribution >= 0.6 is 0 Å². The maximum absolute atomic E-state index is 11.8. The molecule has 0 bridgehead atoms. The number of carbonyl (C=O) groups is 1. The second kappa shape index (κ2) is 7.59. The Morgan fingerprint density at radius 3 is 2.33 bits per heavy atom. The molecule has 0 spiro atoms. The first-order chi connectivity index (χ1) is 8.50. The summed E-state index contributed by atoms with van der Waals surface area (Å²) in [7, 11) is 7.83. The second-order valence-electron chi connectivity index (χ2n) is 5.55. The van der Waals surface area contributed by atoms with E-state index < -0.39 is 0 Å². The fourth-order valence-electron chi connectivity index (χ4n) is 2.26. The van der Waals surface area contributed by atoms with Gasteiger partial charge in [-0.05, 0) is 46.4 Å². The number of amides is 2. The van der Waals surface area contributed by atoms with Crippen LogP contribution < -0.4 is 5.32 Å². The van der Waals surface area contributed by atoms with Crippen molar-refractivity contribution in [1.29, 1.82) is 0 Å². The summed E-state index contributed by atoms with van der Waals surface area (Å²) >= 11 is 0. The Morgan fingerprint density at radius 1 is 1.22 bits per heavy atom. The Morgan fingerprint density at radius 2 is 1.83 bits per heavy atom. The molecular formula is C13H28N4O. The molecule has 0 aromatic heterocycles. The maximum atomic E-state index is 11.8. The largest absolute Gasteiger partial charge is 0.331 e. The number of rotatable bonds is 5. The fraction of sp³-hybridized carbons (Fsp3) is 0.923. The van der Waals surface area contributed by atoms with Gasteiger partial charge in [-0.2, -0.15) is 0 Å². The molecule has 5 heteroatoms. The van der Waals surface area contributed by atoms with Gasteiger partial charge in [-0.3, -0.25) is 0 Å². The first-order valence-electron chi connectivity index (χ1n) is 6.85. The smallest absolute Gasteiger partial charge is 0.319 e. The molecule has 1 N–H and O–H groups in total. The molecule has 0 saturated carbocycles. The van der Waals surface area contributed by atoms with Crippen LogP contribution in [0.3, 0.4) is 0 Å². The van der Waals surface area contributed by atoms with Crippen molar-refractivity contribution in [3.05, 3.63) is 0 Å². The minimum Gasteiger partial charge on any atom is -0.331 e. The van der Waals surface area contributed by atoms with Crippen LogP contribution in [0.15, 0.2) is 0 Å². The molecule has 106 valence electrons. The quantitative estimate of drug-likeness (QED) is 0.735. The zero-order valence-electron chi connectivity index (χ0n) is 12.3. The number of carbonyl (C=O) groups excluding carboxylic acids is 1. The minimum atomic E-state index is 0.140. The zero-order valence-corrected chi connectivity index (χ0v) is 12.3. The van der Waals surface area contributed by atoms with Crippen LogP contribution in [0, 0.1) is 0 Å².